The summed E-state index contributed by atoms with van der Waals surface area (Å²) in [5.41, 5.74) is 8.76. The van der Waals surface area contributed by atoms with E-state index in [1.165, 1.54) is 0 Å². The van der Waals surface area contributed by atoms with Crippen LogP contribution in [0.2, 0.25) is 0 Å². The van der Waals surface area contributed by atoms with Crippen molar-refractivity contribution in [1.29, 1.82) is 0 Å². The van der Waals surface area contributed by atoms with Gasteiger partial charge < -0.3 is 24.7 Å². The highest BCUT2D eigenvalue weighted by atomic mass is 16.7. The maximum atomic E-state index is 6.19. The summed E-state index contributed by atoms with van der Waals surface area (Å²) in [7, 11) is 3.26. The van der Waals surface area contributed by atoms with Crippen LogP contribution in [0.25, 0.3) is 21.9 Å². The van der Waals surface area contributed by atoms with Gasteiger partial charge in [-0.25, -0.2) is 0 Å². The smallest absolute Gasteiger partial charge is 0.231 e. The Morgan fingerprint density at radius 3 is 2.21 bits per heavy atom. The first-order chi connectivity index (χ1) is 11.7. The zero-order valence-electron chi connectivity index (χ0n) is 13.5. The van der Waals surface area contributed by atoms with Crippen molar-refractivity contribution in [2.75, 3.05) is 26.7 Å². The van der Waals surface area contributed by atoms with Gasteiger partial charge in [-0.3, -0.25) is 0 Å². The van der Waals surface area contributed by atoms with Crippen molar-refractivity contribution in [3.05, 3.63) is 42.5 Å². The van der Waals surface area contributed by atoms with Crippen LogP contribution < -0.4 is 24.7 Å². The van der Waals surface area contributed by atoms with Gasteiger partial charge in [-0.05, 0) is 40.6 Å². The fourth-order valence-electron chi connectivity index (χ4n) is 2.95. The van der Waals surface area contributed by atoms with Gasteiger partial charge in [-0.2, -0.15) is 0 Å². The first-order valence-corrected chi connectivity index (χ1v) is 7.55. The highest BCUT2D eigenvalue weighted by Gasteiger charge is 2.17. The molecule has 0 amide bonds. The van der Waals surface area contributed by atoms with E-state index < -0.39 is 0 Å². The standard InChI is InChI=1S/C19H17NO4/c1-21-16-6-11-3-4-12(5-13(11)7-17(16)22-2)14-8-18-19(9-15(14)20)24-10-23-18/h3-9H,10,20H2,1-2H3. The largest absolute Gasteiger partial charge is 0.493 e. The third kappa shape index (κ3) is 2.25. The lowest BCUT2D eigenvalue weighted by Gasteiger charge is -2.12. The fraction of sp³-hybridized carbons (Fsp3) is 0.158. The molecule has 1 aliphatic heterocycles. The Hall–Kier alpha value is -3.08. The van der Waals surface area contributed by atoms with Crippen molar-refractivity contribution in [3.8, 4) is 34.1 Å². The number of nitrogens with two attached hydrogens (primary N) is 1. The molecule has 1 aliphatic rings. The highest BCUT2D eigenvalue weighted by Crippen LogP contribution is 2.41. The number of methoxy groups -OCH3 is 2. The van der Waals surface area contributed by atoms with E-state index >= 15 is 0 Å². The zero-order valence-corrected chi connectivity index (χ0v) is 13.5. The summed E-state index contributed by atoms with van der Waals surface area (Å²) < 4.78 is 21.6. The Kier molecular flexibility index (Phi) is 3.34. The van der Waals surface area contributed by atoms with Crippen molar-refractivity contribution >= 4 is 16.5 Å². The first-order valence-electron chi connectivity index (χ1n) is 7.55. The molecule has 0 radical (unpaired) electrons. The van der Waals surface area contributed by atoms with Crippen LogP contribution in [-0.2, 0) is 0 Å². The van der Waals surface area contributed by atoms with Crippen molar-refractivity contribution in [1.82, 2.24) is 0 Å². The van der Waals surface area contributed by atoms with E-state index in [0.29, 0.717) is 28.7 Å². The first kappa shape index (κ1) is 14.5. The lowest BCUT2D eigenvalue weighted by Crippen LogP contribution is -1.92. The van der Waals surface area contributed by atoms with E-state index in [-0.39, 0.29) is 6.79 Å². The summed E-state index contributed by atoms with van der Waals surface area (Å²) >= 11 is 0. The average Bonchev–Trinajstić information content (AvgIpc) is 3.06. The topological polar surface area (TPSA) is 62.9 Å². The molecular formula is C19H17NO4. The number of nitrogen functional groups attached to an aromatic ring is 1. The van der Waals surface area contributed by atoms with Crippen LogP contribution in [0.4, 0.5) is 5.69 Å². The molecule has 5 nitrogen and oxygen atoms in total. The molecule has 0 atom stereocenters. The van der Waals surface area contributed by atoms with Gasteiger partial charge in [0.25, 0.3) is 0 Å². The number of fused-ring (bicyclic) bond motifs is 2. The van der Waals surface area contributed by atoms with E-state index in [1.54, 1.807) is 20.3 Å². The van der Waals surface area contributed by atoms with Gasteiger partial charge >= 0.3 is 0 Å². The van der Waals surface area contributed by atoms with Crippen LogP contribution in [0.15, 0.2) is 42.5 Å². The van der Waals surface area contributed by atoms with Crippen LogP contribution in [0.5, 0.6) is 23.0 Å². The Morgan fingerprint density at radius 2 is 1.50 bits per heavy atom. The summed E-state index contributed by atoms with van der Waals surface area (Å²) in [6.07, 6.45) is 0. The van der Waals surface area contributed by atoms with E-state index in [1.807, 2.05) is 30.3 Å². The normalized spacial score (nSPS) is 12.4. The Balaban J connectivity index is 1.86. The molecule has 0 saturated carbocycles. The molecule has 2 N–H and O–H groups in total. The van der Waals surface area contributed by atoms with Crippen molar-refractivity contribution < 1.29 is 18.9 Å². The Morgan fingerprint density at radius 1 is 0.833 bits per heavy atom. The lowest BCUT2D eigenvalue weighted by atomic mass is 9.99. The maximum absolute atomic E-state index is 6.19. The molecule has 0 saturated heterocycles. The molecule has 0 aliphatic carbocycles. The fourth-order valence-corrected chi connectivity index (χ4v) is 2.95. The lowest BCUT2D eigenvalue weighted by molar-refractivity contribution is 0.174. The molecule has 0 aromatic heterocycles. The number of hydrogen-bond acceptors (Lipinski definition) is 5. The number of hydrogen-bond donors (Lipinski definition) is 1. The van der Waals surface area contributed by atoms with E-state index in [0.717, 1.165) is 21.9 Å². The average molecular weight is 323 g/mol. The SMILES string of the molecule is COc1cc2ccc(-c3cc4c(cc3N)OCO4)cc2cc1OC. The van der Waals surface area contributed by atoms with Crippen LogP contribution in [0.1, 0.15) is 0 Å². The number of anilines is 1. The quantitative estimate of drug-likeness (QED) is 0.742. The Labute approximate surface area is 139 Å². The zero-order chi connectivity index (χ0) is 16.7. The second-order valence-electron chi connectivity index (χ2n) is 5.56. The summed E-state index contributed by atoms with van der Waals surface area (Å²) in [4.78, 5) is 0. The minimum atomic E-state index is 0.229. The molecule has 122 valence electrons. The van der Waals surface area contributed by atoms with Gasteiger partial charge in [0.1, 0.15) is 0 Å². The van der Waals surface area contributed by atoms with Crippen LogP contribution >= 0.6 is 0 Å². The predicted molar refractivity (Wildman–Crippen MR) is 93.0 cm³/mol. The number of ether oxygens (including phenoxy) is 4. The Bertz CT molecular complexity index is 936. The van der Waals surface area contributed by atoms with Gasteiger partial charge in [-0.15, -0.1) is 0 Å². The molecule has 0 unspecified atom stereocenters. The number of benzene rings is 3. The summed E-state index contributed by atoms with van der Waals surface area (Å²) in [5.74, 6) is 2.80. The monoisotopic (exact) mass is 323 g/mol. The van der Waals surface area contributed by atoms with Gasteiger partial charge in [0.2, 0.25) is 6.79 Å². The van der Waals surface area contributed by atoms with Crippen molar-refractivity contribution in [2.24, 2.45) is 0 Å². The third-order valence-corrected chi connectivity index (χ3v) is 4.20. The van der Waals surface area contributed by atoms with E-state index in [9.17, 15) is 0 Å². The predicted octanol–water partition coefficient (Wildman–Crippen LogP) is 3.83. The third-order valence-electron chi connectivity index (χ3n) is 4.20. The van der Waals surface area contributed by atoms with Gasteiger partial charge in [0.05, 0.1) is 14.2 Å². The number of rotatable bonds is 3. The summed E-state index contributed by atoms with van der Waals surface area (Å²) in [5, 5.41) is 2.11. The highest BCUT2D eigenvalue weighted by molar-refractivity contribution is 5.92. The minimum absolute atomic E-state index is 0.229. The molecule has 24 heavy (non-hydrogen) atoms. The summed E-state index contributed by atoms with van der Waals surface area (Å²) in [6.45, 7) is 0.229. The minimum Gasteiger partial charge on any atom is -0.493 e. The molecule has 0 spiro atoms. The second kappa shape index (κ2) is 5.53. The van der Waals surface area contributed by atoms with E-state index in [2.05, 4.69) is 6.07 Å². The summed E-state index contributed by atoms with van der Waals surface area (Å²) in [6, 6.07) is 13.8. The molecule has 4 rings (SSSR count). The van der Waals surface area contributed by atoms with Gasteiger partial charge in [0, 0.05) is 17.3 Å². The molecular weight excluding hydrogens is 306 g/mol. The molecule has 3 aromatic rings. The van der Waals surface area contributed by atoms with Gasteiger partial charge in [0.15, 0.2) is 23.0 Å². The molecule has 3 aromatic carbocycles. The van der Waals surface area contributed by atoms with Crippen molar-refractivity contribution in [3.63, 3.8) is 0 Å². The van der Waals surface area contributed by atoms with Crippen LogP contribution in [0.3, 0.4) is 0 Å². The molecule has 1 heterocycles. The second-order valence-corrected chi connectivity index (χ2v) is 5.56. The van der Waals surface area contributed by atoms with Crippen molar-refractivity contribution in [2.45, 2.75) is 0 Å². The molecule has 0 fully saturated rings. The maximum Gasteiger partial charge on any atom is 0.231 e. The van der Waals surface area contributed by atoms with Gasteiger partial charge in [-0.1, -0.05) is 12.1 Å². The molecule has 0 bridgehead atoms. The molecule has 5 heteroatoms. The van der Waals surface area contributed by atoms with E-state index in [4.69, 9.17) is 24.7 Å². The van der Waals surface area contributed by atoms with Crippen LogP contribution in [0, 0.1) is 0 Å². The van der Waals surface area contributed by atoms with Crippen LogP contribution in [-0.4, -0.2) is 21.0 Å².